The van der Waals surface area contributed by atoms with E-state index in [1.807, 2.05) is 0 Å². The highest BCUT2D eigenvalue weighted by molar-refractivity contribution is 6.33. The molecule has 8 heteroatoms. The van der Waals surface area contributed by atoms with Crippen LogP contribution in [0.15, 0.2) is 48.8 Å². The molecule has 0 unspecified atom stereocenters. The minimum atomic E-state index is -4.39. The van der Waals surface area contributed by atoms with Crippen molar-refractivity contribution in [3.63, 3.8) is 0 Å². The number of aryl methyl sites for hydroxylation is 1. The van der Waals surface area contributed by atoms with E-state index in [1.165, 1.54) is 24.5 Å². The molecule has 0 radical (unpaired) electrons. The number of nitrogens with zero attached hydrogens (tertiary/aromatic N) is 3. The average molecular weight is 354 g/mol. The van der Waals surface area contributed by atoms with E-state index in [0.29, 0.717) is 16.3 Å². The fourth-order valence-corrected chi connectivity index (χ4v) is 2.46. The lowest BCUT2D eigenvalue weighted by molar-refractivity contribution is -0.137. The molecule has 0 aliphatic rings. The summed E-state index contributed by atoms with van der Waals surface area (Å²) in [5, 5.41) is 4.47. The van der Waals surface area contributed by atoms with Gasteiger partial charge in [0.05, 0.1) is 28.0 Å². The molecule has 0 amide bonds. The molecule has 2 heterocycles. The van der Waals surface area contributed by atoms with Gasteiger partial charge in [-0.05, 0) is 36.4 Å². The van der Waals surface area contributed by atoms with Crippen LogP contribution in [0.2, 0.25) is 5.02 Å². The first kappa shape index (κ1) is 16.3. The zero-order chi connectivity index (χ0) is 17.3. The number of alkyl halides is 3. The third kappa shape index (κ3) is 3.21. The average Bonchev–Trinajstić information content (AvgIpc) is 2.87. The van der Waals surface area contributed by atoms with Crippen LogP contribution in [0, 0.1) is 0 Å². The van der Waals surface area contributed by atoms with Crippen LogP contribution in [0.5, 0.6) is 11.6 Å². The Morgan fingerprint density at radius 2 is 1.83 bits per heavy atom. The molecule has 0 fully saturated rings. The lowest BCUT2D eigenvalue weighted by Crippen LogP contribution is -2.04. The standard InChI is InChI=1S/C16H11ClF3N3O/c1-23-14(13(17)9-22-23)12-3-2-8-21-15(12)24-11-6-4-10(5-7-11)16(18,19)20/h2-9H,1H3. The lowest BCUT2D eigenvalue weighted by Gasteiger charge is -2.11. The molecular weight excluding hydrogens is 343 g/mol. The number of pyridine rings is 1. The molecule has 0 N–H and O–H groups in total. The highest BCUT2D eigenvalue weighted by atomic mass is 35.5. The van der Waals surface area contributed by atoms with Gasteiger partial charge in [0.25, 0.3) is 0 Å². The minimum absolute atomic E-state index is 0.225. The Morgan fingerprint density at radius 1 is 1.12 bits per heavy atom. The molecule has 0 bridgehead atoms. The van der Waals surface area contributed by atoms with E-state index in [0.717, 1.165) is 12.1 Å². The second kappa shape index (κ2) is 6.16. The molecule has 2 aromatic heterocycles. The topological polar surface area (TPSA) is 39.9 Å². The number of rotatable bonds is 3. The zero-order valence-corrected chi connectivity index (χ0v) is 13.1. The summed E-state index contributed by atoms with van der Waals surface area (Å²) in [7, 11) is 1.72. The molecule has 0 aliphatic carbocycles. The van der Waals surface area contributed by atoms with Crippen LogP contribution in [-0.2, 0) is 13.2 Å². The Labute approximate surface area is 140 Å². The third-order valence-corrected chi connectivity index (χ3v) is 3.59. The quantitative estimate of drug-likeness (QED) is 0.669. The van der Waals surface area contributed by atoms with Crippen LogP contribution in [0.4, 0.5) is 13.2 Å². The number of aromatic nitrogens is 3. The largest absolute Gasteiger partial charge is 0.438 e. The van der Waals surface area contributed by atoms with Gasteiger partial charge >= 0.3 is 6.18 Å². The van der Waals surface area contributed by atoms with Crippen molar-refractivity contribution in [3.8, 4) is 22.9 Å². The van der Waals surface area contributed by atoms with E-state index in [4.69, 9.17) is 16.3 Å². The van der Waals surface area contributed by atoms with Gasteiger partial charge in [0.2, 0.25) is 5.88 Å². The lowest BCUT2D eigenvalue weighted by atomic mass is 10.2. The molecule has 0 spiro atoms. The Kier molecular flexibility index (Phi) is 4.19. The van der Waals surface area contributed by atoms with Gasteiger partial charge in [-0.2, -0.15) is 18.3 Å². The summed E-state index contributed by atoms with van der Waals surface area (Å²) >= 11 is 6.13. The van der Waals surface area contributed by atoms with Gasteiger partial charge in [0, 0.05) is 13.2 Å². The molecule has 0 saturated carbocycles. The zero-order valence-electron chi connectivity index (χ0n) is 12.4. The molecule has 0 atom stereocenters. The van der Waals surface area contributed by atoms with E-state index >= 15 is 0 Å². The summed E-state index contributed by atoms with van der Waals surface area (Å²) in [4.78, 5) is 4.14. The van der Waals surface area contributed by atoms with Crippen molar-refractivity contribution in [1.82, 2.24) is 14.8 Å². The summed E-state index contributed by atoms with van der Waals surface area (Å²) in [6, 6.07) is 7.84. The molecule has 24 heavy (non-hydrogen) atoms. The van der Waals surface area contributed by atoms with Crippen molar-refractivity contribution >= 4 is 11.6 Å². The summed E-state index contributed by atoms with van der Waals surface area (Å²) < 4.78 is 45.0. The van der Waals surface area contributed by atoms with Crippen LogP contribution < -0.4 is 4.74 Å². The van der Waals surface area contributed by atoms with Crippen LogP contribution >= 0.6 is 11.6 Å². The fraction of sp³-hybridized carbons (Fsp3) is 0.125. The number of hydrogen-bond donors (Lipinski definition) is 0. The maximum absolute atomic E-state index is 12.6. The Morgan fingerprint density at radius 3 is 2.42 bits per heavy atom. The second-order valence-corrected chi connectivity index (χ2v) is 5.35. The molecule has 0 aliphatic heterocycles. The van der Waals surface area contributed by atoms with E-state index in [-0.39, 0.29) is 11.6 Å². The summed E-state index contributed by atoms with van der Waals surface area (Å²) in [5.41, 5.74) is 0.444. The number of halogens is 4. The monoisotopic (exact) mass is 353 g/mol. The fourth-order valence-electron chi connectivity index (χ4n) is 2.19. The van der Waals surface area contributed by atoms with E-state index in [2.05, 4.69) is 10.1 Å². The number of benzene rings is 1. The van der Waals surface area contributed by atoms with Crippen molar-refractivity contribution in [2.75, 3.05) is 0 Å². The van der Waals surface area contributed by atoms with Crippen LogP contribution in [0.3, 0.4) is 0 Å². The normalized spacial score (nSPS) is 11.5. The van der Waals surface area contributed by atoms with E-state index in [1.54, 1.807) is 23.9 Å². The smallest absolute Gasteiger partial charge is 0.416 e. The van der Waals surface area contributed by atoms with Crippen LogP contribution in [0.25, 0.3) is 11.3 Å². The SMILES string of the molecule is Cn1ncc(Cl)c1-c1cccnc1Oc1ccc(C(F)(F)F)cc1. The van der Waals surface area contributed by atoms with Gasteiger partial charge in [0.1, 0.15) is 5.75 Å². The minimum Gasteiger partial charge on any atom is -0.438 e. The van der Waals surface area contributed by atoms with Gasteiger partial charge in [-0.15, -0.1) is 0 Å². The van der Waals surface area contributed by atoms with Gasteiger partial charge < -0.3 is 4.74 Å². The van der Waals surface area contributed by atoms with Crippen molar-refractivity contribution in [2.45, 2.75) is 6.18 Å². The van der Waals surface area contributed by atoms with E-state index in [9.17, 15) is 13.2 Å². The molecule has 3 rings (SSSR count). The summed E-state index contributed by atoms with van der Waals surface area (Å²) in [6.07, 6.45) is -1.38. The highest BCUT2D eigenvalue weighted by Gasteiger charge is 2.30. The Hall–Kier alpha value is -2.54. The maximum atomic E-state index is 12.6. The molecule has 1 aromatic carbocycles. The first-order valence-corrected chi connectivity index (χ1v) is 7.22. The summed E-state index contributed by atoms with van der Waals surface area (Å²) in [5.74, 6) is 0.462. The van der Waals surface area contributed by atoms with Gasteiger partial charge in [0.15, 0.2) is 0 Å². The predicted molar refractivity (Wildman–Crippen MR) is 83.0 cm³/mol. The molecule has 3 aromatic rings. The second-order valence-electron chi connectivity index (χ2n) is 4.95. The van der Waals surface area contributed by atoms with Crippen LogP contribution in [-0.4, -0.2) is 14.8 Å². The number of ether oxygens (including phenoxy) is 1. The predicted octanol–water partition coefficient (Wildman–Crippen LogP) is 4.95. The van der Waals surface area contributed by atoms with Crippen LogP contribution in [0.1, 0.15) is 5.56 Å². The van der Waals surface area contributed by atoms with Gasteiger partial charge in [-0.3, -0.25) is 4.68 Å². The first-order chi connectivity index (χ1) is 11.4. The van der Waals surface area contributed by atoms with E-state index < -0.39 is 11.7 Å². The van der Waals surface area contributed by atoms with Crippen molar-refractivity contribution < 1.29 is 17.9 Å². The number of hydrogen-bond acceptors (Lipinski definition) is 3. The summed E-state index contributed by atoms with van der Waals surface area (Å²) in [6.45, 7) is 0. The Bertz CT molecular complexity index is 840. The first-order valence-electron chi connectivity index (χ1n) is 6.84. The maximum Gasteiger partial charge on any atom is 0.416 e. The van der Waals surface area contributed by atoms with Crippen molar-refractivity contribution in [2.24, 2.45) is 7.05 Å². The third-order valence-electron chi connectivity index (χ3n) is 3.32. The van der Waals surface area contributed by atoms with Crippen molar-refractivity contribution in [1.29, 1.82) is 0 Å². The molecular formula is C16H11ClF3N3O. The van der Waals surface area contributed by atoms with Crippen molar-refractivity contribution in [3.05, 3.63) is 59.4 Å². The highest BCUT2D eigenvalue weighted by Crippen LogP contribution is 2.36. The molecule has 4 nitrogen and oxygen atoms in total. The molecule has 0 saturated heterocycles. The Balaban J connectivity index is 1.94. The molecule has 124 valence electrons. The van der Waals surface area contributed by atoms with Gasteiger partial charge in [-0.1, -0.05) is 11.6 Å². The van der Waals surface area contributed by atoms with Gasteiger partial charge in [-0.25, -0.2) is 4.98 Å².